The highest BCUT2D eigenvalue weighted by Crippen LogP contribution is 2.20. The van der Waals surface area contributed by atoms with Crippen molar-refractivity contribution in [2.75, 3.05) is 20.3 Å². The summed E-state index contributed by atoms with van der Waals surface area (Å²) in [5, 5.41) is 11.2. The van der Waals surface area contributed by atoms with Gasteiger partial charge in [0.1, 0.15) is 11.6 Å². The largest absolute Gasteiger partial charge is 0.484 e. The Morgan fingerprint density at radius 1 is 1.48 bits per heavy atom. The molecule has 0 radical (unpaired) electrons. The fourth-order valence-corrected chi connectivity index (χ4v) is 1.67. The van der Waals surface area contributed by atoms with Gasteiger partial charge in [-0.1, -0.05) is 11.6 Å². The van der Waals surface area contributed by atoms with E-state index in [0.29, 0.717) is 0 Å². The molecule has 1 rings (SSSR count). The van der Waals surface area contributed by atoms with Crippen molar-refractivity contribution in [3.63, 3.8) is 0 Å². The zero-order valence-electron chi connectivity index (χ0n) is 11.5. The lowest BCUT2D eigenvalue weighted by atomic mass is 10.0. The highest BCUT2D eigenvalue weighted by atomic mass is 35.5. The predicted molar refractivity (Wildman–Crippen MR) is 73.0 cm³/mol. The van der Waals surface area contributed by atoms with Crippen LogP contribution < -0.4 is 10.1 Å². The molecule has 0 saturated carbocycles. The Morgan fingerprint density at radius 3 is 2.67 bits per heavy atom. The van der Waals surface area contributed by atoms with Gasteiger partial charge in [0.2, 0.25) is 0 Å². The van der Waals surface area contributed by atoms with Crippen molar-refractivity contribution in [3.8, 4) is 5.75 Å². The molecule has 0 aliphatic heterocycles. The monoisotopic (exact) mass is 319 g/mol. The topological polar surface area (TPSA) is 84.9 Å². The zero-order valence-corrected chi connectivity index (χ0v) is 12.2. The second-order valence-electron chi connectivity index (χ2n) is 4.48. The van der Waals surface area contributed by atoms with E-state index in [1.165, 1.54) is 26.2 Å². The number of hydrogen-bond donors (Lipinski definition) is 2. The summed E-state index contributed by atoms with van der Waals surface area (Å²) in [4.78, 5) is 22.8. The molecule has 0 fully saturated rings. The summed E-state index contributed by atoms with van der Waals surface area (Å²) in [5.41, 5.74) is -1.56. The number of amides is 1. The highest BCUT2D eigenvalue weighted by molar-refractivity contribution is 6.30. The minimum absolute atomic E-state index is 0.136. The van der Waals surface area contributed by atoms with Crippen LogP contribution in [0.5, 0.6) is 5.75 Å². The first-order valence-corrected chi connectivity index (χ1v) is 6.27. The third-order valence-corrected chi connectivity index (χ3v) is 2.87. The van der Waals surface area contributed by atoms with E-state index in [2.05, 4.69) is 5.32 Å². The Labute approximate surface area is 125 Å². The highest BCUT2D eigenvalue weighted by Gasteiger charge is 2.35. The second kappa shape index (κ2) is 7.24. The predicted octanol–water partition coefficient (Wildman–Crippen LogP) is 1.46. The summed E-state index contributed by atoms with van der Waals surface area (Å²) in [5.74, 6) is -2.30. The van der Waals surface area contributed by atoms with Gasteiger partial charge in [0.15, 0.2) is 12.1 Å². The van der Waals surface area contributed by atoms with E-state index in [0.717, 1.165) is 6.07 Å². The fourth-order valence-electron chi connectivity index (χ4n) is 1.50. The van der Waals surface area contributed by atoms with Crippen molar-refractivity contribution in [3.05, 3.63) is 29.0 Å². The SMILES string of the molecule is COCC(C)(NC(=O)COc1ccc(F)c(Cl)c1)C(=O)O. The standard InChI is InChI=1S/C13H15ClFNO5/c1-13(7-20-2,12(18)19)16-11(17)6-21-8-3-4-10(15)9(14)5-8/h3-5H,6-7H2,1-2H3,(H,16,17)(H,18,19). The number of carbonyl (C=O) groups is 2. The molecule has 0 aliphatic rings. The summed E-state index contributed by atoms with van der Waals surface area (Å²) in [6.07, 6.45) is 0. The van der Waals surface area contributed by atoms with Crippen molar-refractivity contribution in [2.24, 2.45) is 0 Å². The number of carboxylic acid groups (broad SMARTS) is 1. The molecule has 0 spiro atoms. The quantitative estimate of drug-likeness (QED) is 0.795. The third-order valence-electron chi connectivity index (χ3n) is 2.58. The molecule has 1 amide bonds. The average molecular weight is 320 g/mol. The lowest BCUT2D eigenvalue weighted by molar-refractivity contribution is -0.149. The number of rotatable bonds is 7. The van der Waals surface area contributed by atoms with Gasteiger partial charge in [-0.05, 0) is 19.1 Å². The number of carbonyl (C=O) groups excluding carboxylic acids is 1. The first kappa shape index (κ1) is 17.2. The Hall–Kier alpha value is -1.86. The Morgan fingerprint density at radius 2 is 2.14 bits per heavy atom. The Balaban J connectivity index is 2.60. The first-order valence-electron chi connectivity index (χ1n) is 5.89. The van der Waals surface area contributed by atoms with Gasteiger partial charge in [0.25, 0.3) is 5.91 Å². The van der Waals surface area contributed by atoms with Crippen LogP contribution in [0.3, 0.4) is 0 Å². The minimum atomic E-state index is -1.56. The van der Waals surface area contributed by atoms with Crippen molar-refractivity contribution < 1.29 is 28.6 Å². The molecule has 0 heterocycles. The van der Waals surface area contributed by atoms with Gasteiger partial charge in [0.05, 0.1) is 11.6 Å². The average Bonchev–Trinajstić information content (AvgIpc) is 2.40. The minimum Gasteiger partial charge on any atom is -0.484 e. The van der Waals surface area contributed by atoms with Gasteiger partial charge in [-0.2, -0.15) is 0 Å². The normalized spacial score (nSPS) is 13.3. The summed E-state index contributed by atoms with van der Waals surface area (Å²) < 4.78 is 22.8. The molecule has 0 bridgehead atoms. The summed E-state index contributed by atoms with van der Waals surface area (Å²) in [6.45, 7) is 0.677. The number of halogens is 2. The van der Waals surface area contributed by atoms with E-state index in [1.807, 2.05) is 0 Å². The fraction of sp³-hybridized carbons (Fsp3) is 0.385. The van der Waals surface area contributed by atoms with Crippen LogP contribution in [0.25, 0.3) is 0 Å². The number of aliphatic carboxylic acids is 1. The maximum Gasteiger partial charge on any atom is 0.331 e. The smallest absolute Gasteiger partial charge is 0.331 e. The molecule has 1 aromatic rings. The van der Waals surface area contributed by atoms with Crippen LogP contribution in [-0.4, -0.2) is 42.8 Å². The van der Waals surface area contributed by atoms with Gasteiger partial charge in [0, 0.05) is 13.2 Å². The van der Waals surface area contributed by atoms with E-state index in [1.54, 1.807) is 0 Å². The molecule has 1 unspecified atom stereocenters. The first-order chi connectivity index (χ1) is 9.78. The maximum absolute atomic E-state index is 12.9. The number of ether oxygens (including phenoxy) is 2. The molecule has 21 heavy (non-hydrogen) atoms. The molecule has 0 aromatic heterocycles. The van der Waals surface area contributed by atoms with Gasteiger partial charge >= 0.3 is 5.97 Å². The Kier molecular flexibility index (Phi) is 5.92. The van der Waals surface area contributed by atoms with Crippen molar-refractivity contribution in [1.29, 1.82) is 0 Å². The lowest BCUT2D eigenvalue weighted by Gasteiger charge is -2.25. The molecule has 0 aliphatic carbocycles. The second-order valence-corrected chi connectivity index (χ2v) is 4.89. The van der Waals surface area contributed by atoms with Gasteiger partial charge < -0.3 is 19.9 Å². The number of methoxy groups -OCH3 is 1. The number of carboxylic acids is 1. The van der Waals surface area contributed by atoms with Crippen LogP contribution >= 0.6 is 11.6 Å². The van der Waals surface area contributed by atoms with Crippen molar-refractivity contribution in [1.82, 2.24) is 5.32 Å². The molecule has 0 saturated heterocycles. The zero-order chi connectivity index (χ0) is 16.0. The summed E-state index contributed by atoms with van der Waals surface area (Å²) in [6, 6.07) is 3.62. The molecule has 8 heteroatoms. The van der Waals surface area contributed by atoms with Crippen LogP contribution in [0, 0.1) is 5.82 Å². The van der Waals surface area contributed by atoms with Gasteiger partial charge in [-0.25, -0.2) is 9.18 Å². The van der Waals surface area contributed by atoms with Crippen LogP contribution in [0.4, 0.5) is 4.39 Å². The maximum atomic E-state index is 12.9. The molecule has 1 aromatic carbocycles. The third kappa shape index (κ3) is 4.87. The molecule has 116 valence electrons. The van der Waals surface area contributed by atoms with Crippen LogP contribution in [0.15, 0.2) is 18.2 Å². The van der Waals surface area contributed by atoms with Gasteiger partial charge in [-0.3, -0.25) is 4.79 Å². The van der Waals surface area contributed by atoms with E-state index in [-0.39, 0.29) is 17.4 Å². The van der Waals surface area contributed by atoms with Crippen LogP contribution in [0.2, 0.25) is 5.02 Å². The van der Waals surface area contributed by atoms with Crippen LogP contribution in [-0.2, 0) is 14.3 Å². The van der Waals surface area contributed by atoms with Crippen molar-refractivity contribution >= 4 is 23.5 Å². The summed E-state index contributed by atoms with van der Waals surface area (Å²) >= 11 is 5.57. The van der Waals surface area contributed by atoms with Crippen LogP contribution in [0.1, 0.15) is 6.92 Å². The number of benzene rings is 1. The van der Waals surface area contributed by atoms with E-state index in [4.69, 9.17) is 26.2 Å². The van der Waals surface area contributed by atoms with E-state index >= 15 is 0 Å². The van der Waals surface area contributed by atoms with E-state index in [9.17, 15) is 14.0 Å². The van der Waals surface area contributed by atoms with Gasteiger partial charge in [-0.15, -0.1) is 0 Å². The molecular weight excluding hydrogens is 305 g/mol. The lowest BCUT2D eigenvalue weighted by Crippen LogP contribution is -2.56. The Bertz CT molecular complexity index is 539. The van der Waals surface area contributed by atoms with Crippen molar-refractivity contribution in [2.45, 2.75) is 12.5 Å². The number of nitrogens with one attached hydrogen (secondary N) is 1. The number of hydrogen-bond acceptors (Lipinski definition) is 4. The molecule has 6 nitrogen and oxygen atoms in total. The molecule has 2 N–H and O–H groups in total. The molecule has 1 atom stereocenters. The molecular formula is C13H15ClFNO5. The summed E-state index contributed by atoms with van der Waals surface area (Å²) in [7, 11) is 1.32. The van der Waals surface area contributed by atoms with E-state index < -0.39 is 29.8 Å².